The molecule has 78 valence electrons. The molecule has 0 radical (unpaired) electrons. The molecule has 0 aliphatic heterocycles. The van der Waals surface area contributed by atoms with Crippen molar-refractivity contribution in [2.24, 2.45) is 0 Å². The molecule has 2 aromatic heterocycles. The predicted molar refractivity (Wildman–Crippen MR) is 67.9 cm³/mol. The van der Waals surface area contributed by atoms with Crippen molar-refractivity contribution in [2.45, 2.75) is 13.5 Å². The summed E-state index contributed by atoms with van der Waals surface area (Å²) >= 11 is 1.75. The molecule has 0 aliphatic carbocycles. The van der Waals surface area contributed by atoms with Crippen molar-refractivity contribution in [2.75, 3.05) is 0 Å². The van der Waals surface area contributed by atoms with Crippen LogP contribution >= 0.6 is 18.9 Å². The second-order valence-electron chi connectivity index (χ2n) is 3.25. The van der Waals surface area contributed by atoms with Gasteiger partial charge in [-0.25, -0.2) is 4.98 Å². The summed E-state index contributed by atoms with van der Waals surface area (Å²) in [4.78, 5) is 4.29. The second-order valence-corrected chi connectivity index (χ2v) is 6.23. The lowest BCUT2D eigenvalue weighted by atomic mass is 10.3. The number of rotatable bonds is 4. The van der Waals surface area contributed by atoms with Gasteiger partial charge in [0.25, 0.3) is 0 Å². The molecule has 4 heteroatoms. The Morgan fingerprint density at radius 1 is 1.67 bits per heavy atom. The fraction of sp³-hybridized carbons (Fsp3) is 0.182. The van der Waals surface area contributed by atoms with E-state index < -0.39 is 0 Å². The first-order valence-electron chi connectivity index (χ1n) is 4.73. The predicted octanol–water partition coefficient (Wildman–Crippen LogP) is 3.66. The Bertz CT molecular complexity index is 459. The minimum atomic E-state index is -0.241. The number of aromatic nitrogens is 1. The van der Waals surface area contributed by atoms with Gasteiger partial charge in [0.05, 0.1) is 15.8 Å². The van der Waals surface area contributed by atoms with Gasteiger partial charge in [0.2, 0.25) is 0 Å². The number of nitrogens with zero attached hydrogens (tertiary/aromatic N) is 1. The number of thiazole rings is 1. The average molecular weight is 236 g/mol. The van der Waals surface area contributed by atoms with Crippen molar-refractivity contribution >= 4 is 18.9 Å². The van der Waals surface area contributed by atoms with Crippen LogP contribution in [-0.4, -0.2) is 4.98 Å². The molecule has 2 heterocycles. The standard InChI is InChI=1S/C11H13N2PS/c1-3-12-6-10-4-5-14(7-10)11-9(2)13-8-15-11/h3-5,7-8,12H,1,6H2,2H3. The lowest BCUT2D eigenvalue weighted by molar-refractivity contribution is 0.877. The zero-order valence-electron chi connectivity index (χ0n) is 8.60. The largest absolute Gasteiger partial charge is 0.387 e. The highest BCUT2D eigenvalue weighted by atomic mass is 32.1. The minimum Gasteiger partial charge on any atom is -0.387 e. The van der Waals surface area contributed by atoms with E-state index in [1.165, 1.54) is 15.9 Å². The van der Waals surface area contributed by atoms with E-state index in [2.05, 4.69) is 41.5 Å². The molecule has 0 spiro atoms. The molecule has 0 aliphatic rings. The van der Waals surface area contributed by atoms with E-state index in [1.807, 2.05) is 5.51 Å². The van der Waals surface area contributed by atoms with Gasteiger partial charge in [-0.3, -0.25) is 0 Å². The zero-order chi connectivity index (χ0) is 10.7. The summed E-state index contributed by atoms with van der Waals surface area (Å²) in [5.74, 6) is 4.63. The van der Waals surface area contributed by atoms with E-state index in [1.54, 1.807) is 17.5 Å². The van der Waals surface area contributed by atoms with E-state index in [0.717, 1.165) is 6.54 Å². The Balaban J connectivity index is 2.20. The molecule has 0 aromatic carbocycles. The fourth-order valence-corrected chi connectivity index (χ4v) is 4.56. The highest BCUT2D eigenvalue weighted by Crippen LogP contribution is 2.44. The van der Waals surface area contributed by atoms with Gasteiger partial charge in [0, 0.05) is 6.54 Å². The quantitative estimate of drug-likeness (QED) is 0.876. The molecular weight excluding hydrogens is 223 g/mol. The van der Waals surface area contributed by atoms with Crippen molar-refractivity contribution < 1.29 is 0 Å². The van der Waals surface area contributed by atoms with Gasteiger partial charge >= 0.3 is 0 Å². The second kappa shape index (κ2) is 4.65. The Morgan fingerprint density at radius 2 is 2.53 bits per heavy atom. The van der Waals surface area contributed by atoms with Crippen LogP contribution in [0.15, 0.2) is 36.0 Å². The summed E-state index contributed by atoms with van der Waals surface area (Å²) in [5.41, 5.74) is 4.44. The molecule has 0 fully saturated rings. The molecule has 1 atom stereocenters. The molecule has 0 bridgehead atoms. The van der Waals surface area contributed by atoms with Crippen molar-refractivity contribution in [3.63, 3.8) is 0 Å². The third-order valence-electron chi connectivity index (χ3n) is 2.16. The lowest BCUT2D eigenvalue weighted by Gasteiger charge is -1.96. The molecule has 0 saturated carbocycles. The van der Waals surface area contributed by atoms with Crippen LogP contribution in [0.3, 0.4) is 0 Å². The maximum absolute atomic E-state index is 4.29. The summed E-state index contributed by atoms with van der Waals surface area (Å²) in [5, 5.41) is 3.11. The van der Waals surface area contributed by atoms with E-state index >= 15 is 0 Å². The van der Waals surface area contributed by atoms with Crippen LogP contribution in [0.2, 0.25) is 0 Å². The first-order valence-corrected chi connectivity index (χ1v) is 7.09. The van der Waals surface area contributed by atoms with Crippen molar-refractivity contribution in [3.8, 4) is 4.62 Å². The number of hydrogen-bond acceptors (Lipinski definition) is 3. The van der Waals surface area contributed by atoms with Crippen LogP contribution < -0.4 is 5.32 Å². The summed E-state index contributed by atoms with van der Waals surface area (Å²) in [6.45, 7) is 6.59. The maximum Gasteiger partial charge on any atom is 0.0804 e. The Kier molecular flexibility index (Phi) is 3.24. The summed E-state index contributed by atoms with van der Waals surface area (Å²) in [6, 6.07) is 2.20. The van der Waals surface area contributed by atoms with Gasteiger partial charge in [0.1, 0.15) is 0 Å². The fourth-order valence-electron chi connectivity index (χ4n) is 1.41. The van der Waals surface area contributed by atoms with Crippen LogP contribution in [0.25, 0.3) is 4.62 Å². The highest BCUT2D eigenvalue weighted by molar-refractivity contribution is 7.62. The zero-order valence-corrected chi connectivity index (χ0v) is 10.3. The van der Waals surface area contributed by atoms with E-state index in [-0.39, 0.29) is 7.53 Å². The molecule has 1 N–H and O–H groups in total. The van der Waals surface area contributed by atoms with Crippen LogP contribution in [0, 0.1) is 6.92 Å². The third-order valence-corrected chi connectivity index (χ3v) is 5.71. The van der Waals surface area contributed by atoms with Gasteiger partial charge in [-0.2, -0.15) is 0 Å². The van der Waals surface area contributed by atoms with Gasteiger partial charge in [-0.1, -0.05) is 20.2 Å². The number of aryl methyl sites for hydroxylation is 1. The smallest absolute Gasteiger partial charge is 0.0804 e. The van der Waals surface area contributed by atoms with Gasteiger partial charge in [-0.05, 0) is 30.3 Å². The van der Waals surface area contributed by atoms with Gasteiger partial charge < -0.3 is 5.32 Å². The van der Waals surface area contributed by atoms with E-state index in [0.29, 0.717) is 0 Å². The minimum absolute atomic E-state index is 0.241. The average Bonchev–Trinajstić information content (AvgIpc) is 2.83. The first kappa shape index (κ1) is 10.5. The summed E-state index contributed by atoms with van der Waals surface area (Å²) < 4.78 is 1.41. The molecule has 1 unspecified atom stereocenters. The van der Waals surface area contributed by atoms with Crippen LogP contribution in [-0.2, 0) is 6.54 Å². The van der Waals surface area contributed by atoms with Gasteiger partial charge in [0.15, 0.2) is 0 Å². The molecular formula is C11H13N2PS. The Labute approximate surface area is 94.7 Å². The molecule has 15 heavy (non-hydrogen) atoms. The molecule has 0 amide bonds. The first-order chi connectivity index (χ1) is 7.31. The molecule has 2 rings (SSSR count). The number of nitrogens with one attached hydrogen (secondary N) is 1. The summed E-state index contributed by atoms with van der Waals surface area (Å²) in [6.07, 6.45) is 1.73. The Hall–Kier alpha value is -1.05. The lowest BCUT2D eigenvalue weighted by Crippen LogP contribution is -2.01. The van der Waals surface area contributed by atoms with Crippen LogP contribution in [0.4, 0.5) is 0 Å². The normalized spacial score (nSPS) is 11.4. The Morgan fingerprint density at radius 3 is 3.20 bits per heavy atom. The topological polar surface area (TPSA) is 24.9 Å². The van der Waals surface area contributed by atoms with Crippen molar-refractivity contribution in [1.82, 2.24) is 10.3 Å². The molecule has 2 aromatic rings. The monoisotopic (exact) mass is 236 g/mol. The summed E-state index contributed by atoms with van der Waals surface area (Å²) in [7, 11) is -0.241. The van der Waals surface area contributed by atoms with E-state index in [4.69, 9.17) is 0 Å². The maximum atomic E-state index is 4.29. The SMILES string of the molecule is C=CNCc1ccp(-c2scnc2C)c1. The highest BCUT2D eigenvalue weighted by Gasteiger charge is 2.05. The number of hydrogen-bond donors (Lipinski definition) is 1. The van der Waals surface area contributed by atoms with Crippen molar-refractivity contribution in [3.05, 3.63) is 47.2 Å². The van der Waals surface area contributed by atoms with Crippen molar-refractivity contribution in [1.29, 1.82) is 0 Å². The van der Waals surface area contributed by atoms with Crippen LogP contribution in [0.1, 0.15) is 11.3 Å². The molecule has 2 nitrogen and oxygen atoms in total. The van der Waals surface area contributed by atoms with E-state index in [9.17, 15) is 0 Å². The van der Waals surface area contributed by atoms with Crippen LogP contribution in [0.5, 0.6) is 0 Å². The van der Waals surface area contributed by atoms with Gasteiger partial charge in [-0.15, -0.1) is 11.3 Å². The third kappa shape index (κ3) is 2.31. The molecule has 0 saturated heterocycles.